The minimum absolute atomic E-state index is 0.0617. The Hall–Kier alpha value is -1.62. The van der Waals surface area contributed by atoms with E-state index in [1.165, 1.54) is 4.90 Å². The average molecular weight is 279 g/mol. The molecule has 1 heterocycles. The summed E-state index contributed by atoms with van der Waals surface area (Å²) in [5, 5.41) is 3.32. The molecule has 1 aromatic heterocycles. The molecule has 1 atom stereocenters. The van der Waals surface area contributed by atoms with Crippen LogP contribution in [0.1, 0.15) is 32.2 Å². The Morgan fingerprint density at radius 1 is 1.35 bits per heavy atom. The highest BCUT2D eigenvalue weighted by Gasteiger charge is 2.18. The fourth-order valence-corrected chi connectivity index (χ4v) is 1.74. The van der Waals surface area contributed by atoms with Gasteiger partial charge in [-0.15, -0.1) is 0 Å². The maximum absolute atomic E-state index is 11.9. The molecule has 20 heavy (non-hydrogen) atoms. The number of hydrogen-bond donors (Lipinski definition) is 1. The Labute approximate surface area is 121 Å². The second-order valence-electron chi connectivity index (χ2n) is 5.43. The van der Waals surface area contributed by atoms with Crippen molar-refractivity contribution in [1.82, 2.24) is 15.2 Å². The van der Waals surface area contributed by atoms with Crippen molar-refractivity contribution in [3.63, 3.8) is 0 Å². The van der Waals surface area contributed by atoms with E-state index in [0.29, 0.717) is 18.3 Å². The van der Waals surface area contributed by atoms with Crippen molar-refractivity contribution >= 4 is 5.91 Å². The van der Waals surface area contributed by atoms with Gasteiger partial charge in [-0.1, -0.05) is 13.8 Å². The summed E-state index contributed by atoms with van der Waals surface area (Å²) in [4.78, 5) is 17.9. The monoisotopic (exact) mass is 279 g/mol. The zero-order valence-electron chi connectivity index (χ0n) is 13.2. The van der Waals surface area contributed by atoms with E-state index < -0.39 is 6.10 Å². The summed E-state index contributed by atoms with van der Waals surface area (Å²) in [5.74, 6) is 0.597. The van der Waals surface area contributed by atoms with Crippen LogP contribution in [0.5, 0.6) is 5.75 Å². The fraction of sp³-hybridized carbons (Fsp3) is 0.600. The second-order valence-corrected chi connectivity index (χ2v) is 5.43. The topological polar surface area (TPSA) is 54.5 Å². The standard InChI is InChI=1S/C15H25N3O2/c1-10(2)16-9-13-14(8-7-11(3)17-13)20-12(4)15(19)18(5)6/h7-8,10,12,16H,9H2,1-6H3. The summed E-state index contributed by atoms with van der Waals surface area (Å²) >= 11 is 0. The minimum Gasteiger partial charge on any atom is -0.479 e. The van der Waals surface area contributed by atoms with E-state index in [1.54, 1.807) is 21.0 Å². The van der Waals surface area contributed by atoms with Crippen LogP contribution >= 0.6 is 0 Å². The van der Waals surface area contributed by atoms with Crippen molar-refractivity contribution in [3.8, 4) is 5.75 Å². The quantitative estimate of drug-likeness (QED) is 0.862. The van der Waals surface area contributed by atoms with E-state index in [2.05, 4.69) is 24.1 Å². The van der Waals surface area contributed by atoms with Crippen molar-refractivity contribution < 1.29 is 9.53 Å². The van der Waals surface area contributed by atoms with Gasteiger partial charge in [-0.2, -0.15) is 0 Å². The first-order valence-corrected chi connectivity index (χ1v) is 6.89. The van der Waals surface area contributed by atoms with Crippen LogP contribution in [-0.4, -0.2) is 42.0 Å². The van der Waals surface area contributed by atoms with Gasteiger partial charge in [0, 0.05) is 32.4 Å². The number of nitrogens with zero attached hydrogens (tertiary/aromatic N) is 2. The lowest BCUT2D eigenvalue weighted by Gasteiger charge is -2.20. The third-order valence-corrected chi connectivity index (χ3v) is 2.84. The van der Waals surface area contributed by atoms with Crippen molar-refractivity contribution in [3.05, 3.63) is 23.5 Å². The molecule has 0 bridgehead atoms. The van der Waals surface area contributed by atoms with E-state index in [1.807, 2.05) is 19.1 Å². The zero-order valence-corrected chi connectivity index (χ0v) is 13.2. The first-order chi connectivity index (χ1) is 9.31. The van der Waals surface area contributed by atoms with Crippen molar-refractivity contribution in [1.29, 1.82) is 0 Å². The van der Waals surface area contributed by atoms with Crippen LogP contribution < -0.4 is 10.1 Å². The van der Waals surface area contributed by atoms with Gasteiger partial charge >= 0.3 is 0 Å². The molecule has 5 heteroatoms. The normalized spacial score (nSPS) is 12.3. The molecule has 0 aliphatic carbocycles. The molecule has 0 aliphatic rings. The van der Waals surface area contributed by atoms with Gasteiger partial charge in [0.25, 0.3) is 5.91 Å². The molecule has 1 rings (SSSR count). The van der Waals surface area contributed by atoms with E-state index in [4.69, 9.17) is 4.74 Å². The molecule has 0 aromatic carbocycles. The van der Waals surface area contributed by atoms with E-state index in [9.17, 15) is 4.79 Å². The number of nitrogens with one attached hydrogen (secondary N) is 1. The highest BCUT2D eigenvalue weighted by Crippen LogP contribution is 2.19. The summed E-state index contributed by atoms with van der Waals surface area (Å²) in [7, 11) is 3.44. The van der Waals surface area contributed by atoms with Crippen LogP contribution in [0.15, 0.2) is 12.1 Å². The number of hydrogen-bond acceptors (Lipinski definition) is 4. The molecular formula is C15H25N3O2. The van der Waals surface area contributed by atoms with Gasteiger partial charge in [-0.25, -0.2) is 0 Å². The number of carbonyl (C=O) groups excluding carboxylic acids is 1. The lowest BCUT2D eigenvalue weighted by Crippen LogP contribution is -2.35. The van der Waals surface area contributed by atoms with Gasteiger partial charge in [0.1, 0.15) is 5.75 Å². The van der Waals surface area contributed by atoms with Gasteiger partial charge in [-0.3, -0.25) is 9.78 Å². The van der Waals surface area contributed by atoms with Gasteiger partial charge in [-0.05, 0) is 26.0 Å². The Balaban J connectivity index is 2.85. The zero-order chi connectivity index (χ0) is 15.3. The fourth-order valence-electron chi connectivity index (χ4n) is 1.74. The van der Waals surface area contributed by atoms with Crippen molar-refractivity contribution in [2.75, 3.05) is 14.1 Å². The summed E-state index contributed by atoms with van der Waals surface area (Å²) < 4.78 is 5.76. The number of aryl methyl sites for hydroxylation is 1. The van der Waals surface area contributed by atoms with Crippen molar-refractivity contribution in [2.45, 2.75) is 46.4 Å². The first kappa shape index (κ1) is 16.4. The molecule has 0 saturated heterocycles. The smallest absolute Gasteiger partial charge is 0.262 e. The summed E-state index contributed by atoms with van der Waals surface area (Å²) in [5.41, 5.74) is 1.77. The maximum atomic E-state index is 11.9. The molecule has 0 saturated carbocycles. The number of aromatic nitrogens is 1. The Morgan fingerprint density at radius 3 is 2.55 bits per heavy atom. The lowest BCUT2D eigenvalue weighted by molar-refractivity contribution is -0.135. The number of likely N-dealkylation sites (N-methyl/N-ethyl adjacent to an activating group) is 1. The van der Waals surface area contributed by atoms with Gasteiger partial charge in [0.2, 0.25) is 0 Å². The van der Waals surface area contributed by atoms with Crippen LogP contribution in [-0.2, 0) is 11.3 Å². The Morgan fingerprint density at radius 2 is 2.00 bits per heavy atom. The molecule has 1 N–H and O–H groups in total. The largest absolute Gasteiger partial charge is 0.479 e. The highest BCUT2D eigenvalue weighted by atomic mass is 16.5. The molecule has 0 radical (unpaired) electrons. The molecule has 1 aromatic rings. The second kappa shape index (κ2) is 7.24. The number of carbonyl (C=O) groups is 1. The van der Waals surface area contributed by atoms with E-state index in [0.717, 1.165) is 11.4 Å². The van der Waals surface area contributed by atoms with Crippen LogP contribution in [0.2, 0.25) is 0 Å². The number of rotatable bonds is 6. The van der Waals surface area contributed by atoms with Crippen LogP contribution in [0.3, 0.4) is 0 Å². The Bertz CT molecular complexity index is 458. The predicted molar refractivity (Wildman–Crippen MR) is 79.7 cm³/mol. The maximum Gasteiger partial charge on any atom is 0.262 e. The predicted octanol–water partition coefficient (Wildman–Crippen LogP) is 1.74. The van der Waals surface area contributed by atoms with Gasteiger partial charge < -0.3 is 15.0 Å². The number of ether oxygens (including phenoxy) is 1. The average Bonchev–Trinajstić information content (AvgIpc) is 2.37. The summed E-state index contributed by atoms with van der Waals surface area (Å²) in [6.07, 6.45) is -0.521. The third kappa shape index (κ3) is 4.81. The minimum atomic E-state index is -0.521. The summed E-state index contributed by atoms with van der Waals surface area (Å²) in [6.45, 7) is 8.47. The molecule has 112 valence electrons. The van der Waals surface area contributed by atoms with Crippen LogP contribution in [0.25, 0.3) is 0 Å². The first-order valence-electron chi connectivity index (χ1n) is 6.89. The van der Waals surface area contributed by atoms with Crippen molar-refractivity contribution in [2.24, 2.45) is 0 Å². The van der Waals surface area contributed by atoms with E-state index >= 15 is 0 Å². The molecule has 0 spiro atoms. The number of pyridine rings is 1. The molecule has 0 aliphatic heterocycles. The SMILES string of the molecule is Cc1ccc(OC(C)C(=O)N(C)C)c(CNC(C)C)n1. The Kier molecular flexibility index (Phi) is 5.95. The third-order valence-electron chi connectivity index (χ3n) is 2.84. The lowest BCUT2D eigenvalue weighted by atomic mass is 10.2. The van der Waals surface area contributed by atoms with Gasteiger partial charge in [0.15, 0.2) is 6.10 Å². The number of amides is 1. The van der Waals surface area contributed by atoms with Crippen LogP contribution in [0.4, 0.5) is 0 Å². The highest BCUT2D eigenvalue weighted by molar-refractivity contribution is 5.80. The molecule has 1 unspecified atom stereocenters. The van der Waals surface area contributed by atoms with Crippen LogP contribution in [0, 0.1) is 6.92 Å². The molecular weight excluding hydrogens is 254 g/mol. The molecule has 1 amide bonds. The summed E-state index contributed by atoms with van der Waals surface area (Å²) in [6, 6.07) is 4.13. The van der Waals surface area contributed by atoms with Gasteiger partial charge in [0.05, 0.1) is 5.69 Å². The molecule has 0 fully saturated rings. The van der Waals surface area contributed by atoms with E-state index in [-0.39, 0.29) is 5.91 Å². The molecule has 5 nitrogen and oxygen atoms in total.